The van der Waals surface area contributed by atoms with Crippen LogP contribution in [0.25, 0.3) is 0 Å². The van der Waals surface area contributed by atoms with Crippen LogP contribution >= 0.6 is 23.2 Å². The van der Waals surface area contributed by atoms with E-state index in [1.807, 2.05) is 6.07 Å². The third-order valence-corrected chi connectivity index (χ3v) is 4.59. The highest BCUT2D eigenvalue weighted by atomic mass is 35.5. The van der Waals surface area contributed by atoms with Crippen molar-refractivity contribution in [3.63, 3.8) is 0 Å². The van der Waals surface area contributed by atoms with Crippen LogP contribution in [0, 0.1) is 0 Å². The SMILES string of the molecule is COC(CNC(=O)C1(c2ccc(Cl)cc2Cl)CCC1)OC. The van der Waals surface area contributed by atoms with Gasteiger partial charge in [0.2, 0.25) is 5.91 Å². The first kappa shape index (κ1) is 16.6. The van der Waals surface area contributed by atoms with Gasteiger partial charge in [0.25, 0.3) is 0 Å². The Bertz CT molecular complexity index is 514. The van der Waals surface area contributed by atoms with Crippen molar-refractivity contribution in [2.24, 2.45) is 0 Å². The molecular formula is C15H19Cl2NO3. The van der Waals surface area contributed by atoms with E-state index in [0.717, 1.165) is 24.8 Å². The second-order valence-electron chi connectivity index (χ2n) is 5.17. The molecule has 1 aliphatic rings. The molecule has 1 fully saturated rings. The van der Waals surface area contributed by atoms with Gasteiger partial charge in [-0.1, -0.05) is 35.7 Å². The molecule has 0 saturated heterocycles. The van der Waals surface area contributed by atoms with Crippen LogP contribution in [0.15, 0.2) is 18.2 Å². The number of rotatable bonds is 6. The number of halogens is 2. The minimum atomic E-state index is -0.562. The maximum absolute atomic E-state index is 12.6. The first-order chi connectivity index (χ1) is 10.0. The molecule has 1 aliphatic carbocycles. The molecule has 0 aliphatic heterocycles. The molecule has 2 rings (SSSR count). The summed E-state index contributed by atoms with van der Waals surface area (Å²) in [6.45, 7) is 0.304. The van der Waals surface area contributed by atoms with Crippen molar-refractivity contribution in [3.8, 4) is 0 Å². The molecule has 0 heterocycles. The van der Waals surface area contributed by atoms with Gasteiger partial charge in [0.05, 0.1) is 12.0 Å². The monoisotopic (exact) mass is 331 g/mol. The van der Waals surface area contributed by atoms with E-state index in [1.54, 1.807) is 12.1 Å². The Morgan fingerprint density at radius 1 is 1.33 bits per heavy atom. The molecule has 4 nitrogen and oxygen atoms in total. The summed E-state index contributed by atoms with van der Waals surface area (Å²) in [5, 5.41) is 3.99. The van der Waals surface area contributed by atoms with Gasteiger partial charge >= 0.3 is 0 Å². The Morgan fingerprint density at radius 2 is 2.00 bits per heavy atom. The van der Waals surface area contributed by atoms with Crippen molar-refractivity contribution >= 4 is 29.1 Å². The average molecular weight is 332 g/mol. The molecule has 1 aromatic carbocycles. The molecule has 0 aromatic heterocycles. The third-order valence-electron chi connectivity index (χ3n) is 4.04. The lowest BCUT2D eigenvalue weighted by molar-refractivity contribution is -0.135. The molecule has 0 spiro atoms. The molecule has 6 heteroatoms. The van der Waals surface area contributed by atoms with Gasteiger partial charge in [-0.15, -0.1) is 0 Å². The first-order valence-electron chi connectivity index (χ1n) is 6.83. The molecule has 116 valence electrons. The predicted molar refractivity (Wildman–Crippen MR) is 82.8 cm³/mol. The predicted octanol–water partition coefficient (Wildman–Crippen LogP) is 3.15. The van der Waals surface area contributed by atoms with E-state index in [-0.39, 0.29) is 5.91 Å². The highest BCUT2D eigenvalue weighted by Gasteiger charge is 2.46. The van der Waals surface area contributed by atoms with Gasteiger partial charge in [-0.3, -0.25) is 4.79 Å². The third kappa shape index (κ3) is 3.34. The van der Waals surface area contributed by atoms with Crippen molar-refractivity contribution in [3.05, 3.63) is 33.8 Å². The number of carbonyl (C=O) groups is 1. The van der Waals surface area contributed by atoms with Crippen molar-refractivity contribution in [1.29, 1.82) is 0 Å². The van der Waals surface area contributed by atoms with Crippen LogP contribution in [0.1, 0.15) is 24.8 Å². The highest BCUT2D eigenvalue weighted by molar-refractivity contribution is 6.35. The molecular weight excluding hydrogens is 313 g/mol. The van der Waals surface area contributed by atoms with Gasteiger partial charge < -0.3 is 14.8 Å². The lowest BCUT2D eigenvalue weighted by atomic mass is 9.63. The molecule has 21 heavy (non-hydrogen) atoms. The topological polar surface area (TPSA) is 47.6 Å². The number of carbonyl (C=O) groups excluding carboxylic acids is 1. The Balaban J connectivity index is 2.15. The minimum Gasteiger partial charge on any atom is -0.354 e. The van der Waals surface area contributed by atoms with E-state index in [9.17, 15) is 4.79 Å². The second-order valence-corrected chi connectivity index (χ2v) is 6.01. The molecule has 0 bridgehead atoms. The van der Waals surface area contributed by atoms with E-state index in [1.165, 1.54) is 14.2 Å². The smallest absolute Gasteiger partial charge is 0.230 e. The summed E-state index contributed by atoms with van der Waals surface area (Å²) in [4.78, 5) is 12.6. The lowest BCUT2D eigenvalue weighted by Crippen LogP contribution is -2.51. The fourth-order valence-electron chi connectivity index (χ4n) is 2.63. The number of ether oxygens (including phenoxy) is 2. The maximum Gasteiger partial charge on any atom is 0.230 e. The van der Waals surface area contributed by atoms with Gasteiger partial charge in [-0.05, 0) is 30.5 Å². The van der Waals surface area contributed by atoms with Crippen LogP contribution in [0.2, 0.25) is 10.0 Å². The van der Waals surface area contributed by atoms with Gasteiger partial charge in [-0.2, -0.15) is 0 Å². The van der Waals surface area contributed by atoms with Crippen molar-refractivity contribution in [2.75, 3.05) is 20.8 Å². The van der Waals surface area contributed by atoms with Crippen LogP contribution in [0.5, 0.6) is 0 Å². The molecule has 1 aromatic rings. The Labute approximate surface area is 134 Å². The first-order valence-corrected chi connectivity index (χ1v) is 7.58. The maximum atomic E-state index is 12.6. The molecule has 1 amide bonds. The van der Waals surface area contributed by atoms with E-state index in [2.05, 4.69) is 5.32 Å². The zero-order chi connectivity index (χ0) is 15.5. The lowest BCUT2D eigenvalue weighted by Gasteiger charge is -2.41. The second kappa shape index (κ2) is 6.97. The standard InChI is InChI=1S/C15H19Cl2NO3/c1-20-13(21-2)9-18-14(19)15(6-3-7-15)11-5-4-10(16)8-12(11)17/h4-5,8,13H,3,6-7,9H2,1-2H3,(H,18,19). The fraction of sp³-hybridized carbons (Fsp3) is 0.533. The molecule has 0 unspecified atom stereocenters. The van der Waals surface area contributed by atoms with E-state index in [0.29, 0.717) is 16.6 Å². The van der Waals surface area contributed by atoms with Gasteiger partial charge in [-0.25, -0.2) is 0 Å². The summed E-state index contributed by atoms with van der Waals surface area (Å²) in [6, 6.07) is 5.29. The van der Waals surface area contributed by atoms with Gasteiger partial charge in [0, 0.05) is 24.3 Å². The van der Waals surface area contributed by atoms with Crippen LogP contribution in [0.4, 0.5) is 0 Å². The molecule has 1 saturated carbocycles. The number of hydrogen-bond acceptors (Lipinski definition) is 3. The van der Waals surface area contributed by atoms with Crippen LogP contribution in [-0.2, 0) is 19.7 Å². The fourth-order valence-corrected chi connectivity index (χ4v) is 3.22. The quantitative estimate of drug-likeness (QED) is 0.814. The molecule has 0 radical (unpaired) electrons. The van der Waals surface area contributed by atoms with Gasteiger partial charge in [0.15, 0.2) is 6.29 Å². The summed E-state index contributed by atoms with van der Waals surface area (Å²) >= 11 is 12.2. The van der Waals surface area contributed by atoms with Gasteiger partial charge in [0.1, 0.15) is 0 Å². The summed E-state index contributed by atoms with van der Waals surface area (Å²) in [6.07, 6.45) is 2.12. The van der Waals surface area contributed by atoms with E-state index < -0.39 is 11.7 Å². The number of methoxy groups -OCH3 is 2. The molecule has 0 atom stereocenters. The number of hydrogen-bond donors (Lipinski definition) is 1. The van der Waals surface area contributed by atoms with Crippen LogP contribution < -0.4 is 5.32 Å². The normalized spacial score (nSPS) is 16.6. The highest BCUT2D eigenvalue weighted by Crippen LogP contribution is 2.46. The van der Waals surface area contributed by atoms with Crippen LogP contribution in [-0.4, -0.2) is 33.0 Å². The Morgan fingerprint density at radius 3 is 2.48 bits per heavy atom. The number of benzene rings is 1. The number of amides is 1. The van der Waals surface area contributed by atoms with E-state index in [4.69, 9.17) is 32.7 Å². The average Bonchev–Trinajstić information content (AvgIpc) is 2.41. The van der Waals surface area contributed by atoms with Crippen molar-refractivity contribution < 1.29 is 14.3 Å². The summed E-state index contributed by atoms with van der Waals surface area (Å²) in [5.41, 5.74) is 0.275. The number of nitrogens with one attached hydrogen (secondary N) is 1. The molecule has 1 N–H and O–H groups in total. The van der Waals surface area contributed by atoms with E-state index >= 15 is 0 Å². The Hall–Kier alpha value is -0.810. The summed E-state index contributed by atoms with van der Waals surface area (Å²) in [7, 11) is 3.07. The summed E-state index contributed by atoms with van der Waals surface area (Å²) in [5.74, 6) is -0.0444. The minimum absolute atomic E-state index is 0.0444. The van der Waals surface area contributed by atoms with Crippen molar-refractivity contribution in [1.82, 2.24) is 5.32 Å². The largest absolute Gasteiger partial charge is 0.354 e. The Kier molecular flexibility index (Phi) is 5.49. The summed E-state index contributed by atoms with van der Waals surface area (Å²) < 4.78 is 10.2. The zero-order valence-electron chi connectivity index (χ0n) is 12.1. The zero-order valence-corrected chi connectivity index (χ0v) is 13.6. The van der Waals surface area contributed by atoms with Crippen LogP contribution in [0.3, 0.4) is 0 Å². The van der Waals surface area contributed by atoms with Crippen molar-refractivity contribution in [2.45, 2.75) is 31.0 Å².